The number of aryl methyl sites for hydroxylation is 2. The fourth-order valence-electron chi connectivity index (χ4n) is 3.77. The summed E-state index contributed by atoms with van der Waals surface area (Å²) in [5, 5.41) is 5.74. The van der Waals surface area contributed by atoms with Gasteiger partial charge in [-0.25, -0.2) is 9.50 Å². The standard InChI is InChI=1S/C20H24N4O2/c1-13-12-23(10-11-26-13)19(25)9-8-16-14(2)21-20-17-6-4-5-7-18(17)22-24(20)15(16)3/h4-7,13H,8-12H2,1-3H3. The first kappa shape index (κ1) is 17.0. The molecule has 0 radical (unpaired) electrons. The molecular formula is C20H24N4O2. The third kappa shape index (κ3) is 2.94. The van der Waals surface area contributed by atoms with E-state index in [-0.39, 0.29) is 12.0 Å². The zero-order chi connectivity index (χ0) is 18.3. The molecule has 1 saturated heterocycles. The maximum absolute atomic E-state index is 12.6. The molecular weight excluding hydrogens is 328 g/mol. The van der Waals surface area contributed by atoms with E-state index in [0.717, 1.165) is 33.5 Å². The number of ether oxygens (including phenoxy) is 1. The maximum Gasteiger partial charge on any atom is 0.223 e. The van der Waals surface area contributed by atoms with Crippen molar-refractivity contribution in [3.05, 3.63) is 41.2 Å². The van der Waals surface area contributed by atoms with Crippen LogP contribution >= 0.6 is 0 Å². The maximum atomic E-state index is 12.6. The summed E-state index contributed by atoms with van der Waals surface area (Å²) in [5.41, 5.74) is 4.97. The van der Waals surface area contributed by atoms with Gasteiger partial charge in [0, 0.05) is 36.3 Å². The number of nitrogens with zero attached hydrogens (tertiary/aromatic N) is 4. The Balaban J connectivity index is 1.60. The molecule has 0 bridgehead atoms. The number of hydrogen-bond donors (Lipinski definition) is 0. The topological polar surface area (TPSA) is 59.7 Å². The minimum absolute atomic E-state index is 0.116. The average Bonchev–Trinajstić information content (AvgIpc) is 3.00. The molecule has 26 heavy (non-hydrogen) atoms. The van der Waals surface area contributed by atoms with Gasteiger partial charge in [-0.05, 0) is 44.9 Å². The third-order valence-corrected chi connectivity index (χ3v) is 5.20. The SMILES string of the molecule is Cc1nc2c3ccccc3nn2c(C)c1CCC(=O)N1CCOC(C)C1. The van der Waals surface area contributed by atoms with Crippen molar-refractivity contribution in [1.82, 2.24) is 19.5 Å². The number of fused-ring (bicyclic) bond motifs is 3. The van der Waals surface area contributed by atoms with Gasteiger partial charge in [0.2, 0.25) is 5.91 Å². The summed E-state index contributed by atoms with van der Waals surface area (Å²) in [6.07, 6.45) is 1.29. The Kier molecular flexibility index (Phi) is 4.36. The quantitative estimate of drug-likeness (QED) is 0.727. The van der Waals surface area contributed by atoms with E-state index in [2.05, 4.69) is 12.0 Å². The summed E-state index contributed by atoms with van der Waals surface area (Å²) in [6.45, 7) is 8.07. The Morgan fingerprint density at radius 2 is 2.12 bits per heavy atom. The molecule has 1 unspecified atom stereocenters. The van der Waals surface area contributed by atoms with Crippen molar-refractivity contribution in [1.29, 1.82) is 0 Å². The van der Waals surface area contributed by atoms with Gasteiger partial charge in [0.1, 0.15) is 0 Å². The molecule has 1 fully saturated rings. The number of morpholine rings is 1. The van der Waals surface area contributed by atoms with Crippen LogP contribution in [0.3, 0.4) is 0 Å². The lowest BCUT2D eigenvalue weighted by Crippen LogP contribution is -2.44. The largest absolute Gasteiger partial charge is 0.375 e. The van der Waals surface area contributed by atoms with Crippen molar-refractivity contribution in [2.75, 3.05) is 19.7 Å². The van der Waals surface area contributed by atoms with E-state index in [9.17, 15) is 4.79 Å². The Bertz CT molecular complexity index is 979. The van der Waals surface area contributed by atoms with Crippen LogP contribution in [-0.2, 0) is 16.0 Å². The Morgan fingerprint density at radius 1 is 1.31 bits per heavy atom. The molecule has 1 amide bonds. The van der Waals surface area contributed by atoms with Gasteiger partial charge in [0.05, 0.1) is 18.2 Å². The molecule has 2 aromatic heterocycles. The van der Waals surface area contributed by atoms with E-state index in [1.54, 1.807) is 0 Å². The summed E-state index contributed by atoms with van der Waals surface area (Å²) in [5.74, 6) is 0.185. The second-order valence-electron chi connectivity index (χ2n) is 7.03. The van der Waals surface area contributed by atoms with E-state index in [4.69, 9.17) is 9.72 Å². The van der Waals surface area contributed by atoms with Gasteiger partial charge in [0.15, 0.2) is 5.65 Å². The van der Waals surface area contributed by atoms with Crippen molar-refractivity contribution < 1.29 is 9.53 Å². The van der Waals surface area contributed by atoms with E-state index >= 15 is 0 Å². The Labute approximate surface area is 152 Å². The summed E-state index contributed by atoms with van der Waals surface area (Å²) < 4.78 is 7.43. The van der Waals surface area contributed by atoms with Crippen LogP contribution in [0.5, 0.6) is 0 Å². The molecule has 1 aromatic carbocycles. The highest BCUT2D eigenvalue weighted by Gasteiger charge is 2.22. The highest BCUT2D eigenvalue weighted by Crippen LogP contribution is 2.23. The second kappa shape index (κ2) is 6.68. The Morgan fingerprint density at radius 3 is 2.92 bits per heavy atom. The van der Waals surface area contributed by atoms with Gasteiger partial charge in [-0.2, -0.15) is 5.10 Å². The normalized spacial score (nSPS) is 18.0. The predicted octanol–water partition coefficient (Wildman–Crippen LogP) is 2.68. The summed E-state index contributed by atoms with van der Waals surface area (Å²) in [4.78, 5) is 19.3. The van der Waals surface area contributed by atoms with Crippen LogP contribution in [0, 0.1) is 13.8 Å². The Hall–Kier alpha value is -2.47. The molecule has 0 saturated carbocycles. The monoisotopic (exact) mass is 352 g/mol. The van der Waals surface area contributed by atoms with Crippen LogP contribution in [0.4, 0.5) is 0 Å². The highest BCUT2D eigenvalue weighted by molar-refractivity contribution is 5.92. The molecule has 0 aliphatic carbocycles. The zero-order valence-electron chi connectivity index (χ0n) is 15.5. The molecule has 3 heterocycles. The van der Waals surface area contributed by atoms with E-state index in [1.165, 1.54) is 0 Å². The highest BCUT2D eigenvalue weighted by atomic mass is 16.5. The van der Waals surface area contributed by atoms with Gasteiger partial charge >= 0.3 is 0 Å². The zero-order valence-corrected chi connectivity index (χ0v) is 15.5. The van der Waals surface area contributed by atoms with Gasteiger partial charge in [-0.15, -0.1) is 0 Å². The number of amides is 1. The van der Waals surface area contributed by atoms with Crippen molar-refractivity contribution >= 4 is 22.5 Å². The van der Waals surface area contributed by atoms with Gasteiger partial charge in [-0.1, -0.05) is 12.1 Å². The number of hydrogen-bond acceptors (Lipinski definition) is 4. The number of rotatable bonds is 3. The van der Waals surface area contributed by atoms with Gasteiger partial charge in [0.25, 0.3) is 0 Å². The minimum Gasteiger partial charge on any atom is -0.375 e. The van der Waals surface area contributed by atoms with Crippen LogP contribution < -0.4 is 0 Å². The fourth-order valence-corrected chi connectivity index (χ4v) is 3.77. The number of carbonyl (C=O) groups is 1. The van der Waals surface area contributed by atoms with Crippen LogP contribution in [0.1, 0.15) is 30.3 Å². The van der Waals surface area contributed by atoms with Gasteiger partial charge in [-0.3, -0.25) is 4.79 Å². The second-order valence-corrected chi connectivity index (χ2v) is 7.03. The first-order valence-electron chi connectivity index (χ1n) is 9.17. The van der Waals surface area contributed by atoms with Crippen LogP contribution in [0.15, 0.2) is 24.3 Å². The number of aromatic nitrogens is 3. The predicted molar refractivity (Wildman–Crippen MR) is 100 cm³/mol. The first-order valence-corrected chi connectivity index (χ1v) is 9.17. The summed E-state index contributed by atoms with van der Waals surface area (Å²) in [7, 11) is 0. The molecule has 6 nitrogen and oxygen atoms in total. The molecule has 0 N–H and O–H groups in total. The minimum atomic E-state index is 0.116. The molecule has 6 heteroatoms. The lowest BCUT2D eigenvalue weighted by Gasteiger charge is -2.31. The van der Waals surface area contributed by atoms with Gasteiger partial charge < -0.3 is 9.64 Å². The molecule has 1 aliphatic rings. The van der Waals surface area contributed by atoms with E-state index in [0.29, 0.717) is 32.5 Å². The molecule has 1 atom stereocenters. The van der Waals surface area contributed by atoms with Crippen LogP contribution in [0.2, 0.25) is 0 Å². The lowest BCUT2D eigenvalue weighted by atomic mass is 10.1. The third-order valence-electron chi connectivity index (χ3n) is 5.20. The number of benzene rings is 1. The molecule has 3 aromatic rings. The fraction of sp³-hybridized carbons (Fsp3) is 0.450. The molecule has 1 aliphatic heterocycles. The summed E-state index contributed by atoms with van der Waals surface area (Å²) >= 11 is 0. The van der Waals surface area contributed by atoms with E-state index in [1.807, 2.05) is 47.5 Å². The average molecular weight is 352 g/mol. The van der Waals surface area contributed by atoms with Crippen molar-refractivity contribution in [2.24, 2.45) is 0 Å². The molecule has 136 valence electrons. The van der Waals surface area contributed by atoms with E-state index < -0.39 is 0 Å². The van der Waals surface area contributed by atoms with Crippen LogP contribution in [0.25, 0.3) is 16.6 Å². The smallest absolute Gasteiger partial charge is 0.223 e. The van der Waals surface area contributed by atoms with Crippen molar-refractivity contribution in [3.63, 3.8) is 0 Å². The first-order chi connectivity index (χ1) is 12.5. The summed E-state index contributed by atoms with van der Waals surface area (Å²) in [6, 6.07) is 8.04. The van der Waals surface area contributed by atoms with Crippen LogP contribution in [-0.4, -0.2) is 51.2 Å². The van der Waals surface area contributed by atoms with Crippen molar-refractivity contribution in [3.8, 4) is 0 Å². The molecule has 4 rings (SSSR count). The lowest BCUT2D eigenvalue weighted by molar-refractivity contribution is -0.138. The van der Waals surface area contributed by atoms with Crippen molar-refractivity contribution in [2.45, 2.75) is 39.7 Å². The number of carbonyl (C=O) groups excluding carboxylic acids is 1. The molecule has 0 spiro atoms.